The van der Waals surface area contributed by atoms with Gasteiger partial charge in [0.15, 0.2) is 0 Å². The minimum atomic E-state index is -0.459. The fourth-order valence-electron chi connectivity index (χ4n) is 16.4. The number of piperidine rings is 2. The summed E-state index contributed by atoms with van der Waals surface area (Å²) >= 11 is 0. The molecule has 1 spiro atoms. The fraction of sp³-hybridized carbons (Fsp3) is 0.620. The Bertz CT molecular complexity index is 3820. The number of anilines is 10. The number of ether oxygens (including phenoxy) is 4. The average molecular weight is 1490 g/mol. The Balaban J connectivity index is 0.000000145. The van der Waals surface area contributed by atoms with Crippen LogP contribution in [0.25, 0.3) is 0 Å². The minimum Gasteiger partial charge on any atom is -0.444 e. The third kappa shape index (κ3) is 21.2. The van der Waals surface area contributed by atoms with Crippen molar-refractivity contribution in [1.29, 1.82) is 0 Å². The molecule has 14 rings (SSSR count). The highest BCUT2D eigenvalue weighted by Gasteiger charge is 2.55. The second kappa shape index (κ2) is 32.6. The molecule has 2 aliphatic carbocycles. The summed E-state index contributed by atoms with van der Waals surface area (Å²) in [5.41, 5.74) is 31.8. The van der Waals surface area contributed by atoms with E-state index in [1.54, 1.807) is 23.4 Å². The summed E-state index contributed by atoms with van der Waals surface area (Å²) in [7, 11) is 3.72. The largest absolute Gasteiger partial charge is 0.444 e. The molecule has 0 aromatic carbocycles. The summed E-state index contributed by atoms with van der Waals surface area (Å²) in [6.45, 7) is 34.2. The summed E-state index contributed by atoms with van der Waals surface area (Å²) < 4.78 is 21.8. The van der Waals surface area contributed by atoms with Crippen LogP contribution in [-0.2, 0) is 23.7 Å². The smallest absolute Gasteiger partial charge is 0.410 e. The van der Waals surface area contributed by atoms with Crippen molar-refractivity contribution in [2.75, 3.05) is 126 Å². The van der Waals surface area contributed by atoms with Gasteiger partial charge in [-0.25, -0.2) is 44.1 Å². The molecule has 29 heteroatoms. The van der Waals surface area contributed by atoms with E-state index < -0.39 is 27.8 Å². The lowest BCUT2D eigenvalue weighted by Gasteiger charge is -2.61. The lowest BCUT2D eigenvalue weighted by molar-refractivity contribution is -0.128. The van der Waals surface area contributed by atoms with Crippen molar-refractivity contribution >= 4 is 87.8 Å². The second-order valence-electron chi connectivity index (χ2n) is 35.3. The first-order valence-electron chi connectivity index (χ1n) is 38.1. The van der Waals surface area contributed by atoms with Gasteiger partial charge in [0, 0.05) is 115 Å². The number of carbonyl (C=O) groups excluding carboxylic acids is 5. The van der Waals surface area contributed by atoms with Crippen LogP contribution in [0.1, 0.15) is 155 Å². The maximum Gasteiger partial charge on any atom is 0.410 e. The van der Waals surface area contributed by atoms with Crippen LogP contribution in [0.5, 0.6) is 0 Å². The normalized spacial score (nSPS) is 23.7. The Kier molecular flexibility index (Phi) is 24.4. The van der Waals surface area contributed by atoms with Gasteiger partial charge in [-0.1, -0.05) is 0 Å². The molecule has 6 atom stereocenters. The summed E-state index contributed by atoms with van der Waals surface area (Å²) in [6.07, 6.45) is 17.7. The average Bonchev–Trinajstić information content (AvgIpc) is 0.788. The van der Waals surface area contributed by atoms with E-state index in [0.717, 1.165) is 125 Å². The zero-order chi connectivity index (χ0) is 78.6. The fourth-order valence-corrected chi connectivity index (χ4v) is 16.4. The van der Waals surface area contributed by atoms with Crippen LogP contribution in [0.15, 0.2) is 91.6 Å². The van der Waals surface area contributed by atoms with Gasteiger partial charge in [0.25, 0.3) is 0 Å². The molecule has 9 aliphatic rings. The summed E-state index contributed by atoms with van der Waals surface area (Å²) in [4.78, 5) is 98.3. The molecule has 4 unspecified atom stereocenters. The van der Waals surface area contributed by atoms with Crippen LogP contribution in [-0.4, -0.2) is 208 Å². The third-order valence-corrected chi connectivity index (χ3v) is 21.3. The quantitative estimate of drug-likeness (QED) is 0.0710. The Morgan fingerprint density at radius 3 is 1.37 bits per heavy atom. The lowest BCUT2D eigenvalue weighted by atomic mass is 9.60. The standard InChI is InChI=1S/C18H28N4O2.2C17H26N4O2.C15H22N4O2.C12H18N4O/c1-18(2,3)24-17(23)21(4)16-12-5-6-13(16)11-22(10-12)14-7-8-15(19)20-9-14;1-16(2,3)23-15(22)20(4)13-7-17(8-13)10-21(11-17)12-5-6-14(18)19-9-12;1-17(2,3)23-16(22)20-11-8-12-4-5-13(9-11)21(12)14-6-7-15(18)19-10-14;1-15(2,3)21-14(20)19-9-11-6-12(19)8-18(11)10-4-5-13(16)17-7-10;1-12(2)8-16(6-5-14-11(12)17)9-3-4-10(13)15-7-9/h7-9,12-13,16H,5-6,10-11H2,1-4H3,(H2,19,20);5-6,9,13H,7-8,10-11H2,1-4H3,(H2,18,19);6-7,10-13H,4-5,8-9H2,1-3H3,(H2,18,19)(H,20,22);4-5,7,11-12H,6,8-9H2,1-3H3,(H2,16,17);3-4,7H,5-6,8H2,1-2H3,(H2,13,15)(H,14,17)/t;;;11-,12-;/m...0./s1. The number of aromatic nitrogens is 5. The van der Waals surface area contributed by atoms with E-state index in [1.807, 2.05) is 194 Å². The Hall–Kier alpha value is -9.70. The number of nitrogens with two attached hydrogens (primary N) is 5. The van der Waals surface area contributed by atoms with Gasteiger partial charge in [0.1, 0.15) is 51.5 Å². The van der Waals surface area contributed by atoms with Gasteiger partial charge in [-0.2, -0.15) is 0 Å². The first-order chi connectivity index (χ1) is 50.6. The number of rotatable bonds is 8. The Morgan fingerprint density at radius 1 is 0.500 bits per heavy atom. The van der Waals surface area contributed by atoms with Crippen LogP contribution in [0.3, 0.4) is 0 Å². The highest BCUT2D eigenvalue weighted by Crippen LogP contribution is 2.51. The Labute approximate surface area is 638 Å². The van der Waals surface area contributed by atoms with Crippen molar-refractivity contribution in [2.45, 2.75) is 219 Å². The minimum absolute atomic E-state index is 0.100. The number of hydrogen-bond donors (Lipinski definition) is 7. The molecule has 6 bridgehead atoms. The van der Waals surface area contributed by atoms with E-state index >= 15 is 0 Å². The van der Waals surface area contributed by atoms with Gasteiger partial charge in [-0.15, -0.1) is 0 Å². The third-order valence-electron chi connectivity index (χ3n) is 21.3. The highest BCUT2D eigenvalue weighted by atomic mass is 16.6. The number of fused-ring (bicyclic) bond motifs is 6. The van der Waals surface area contributed by atoms with Crippen LogP contribution >= 0.6 is 0 Å². The molecule has 12 heterocycles. The number of piperazine rings is 1. The molecule has 108 heavy (non-hydrogen) atoms. The zero-order valence-corrected chi connectivity index (χ0v) is 66.5. The summed E-state index contributed by atoms with van der Waals surface area (Å²) in [5, 5.41) is 5.95. The number of carbonyl (C=O) groups is 5. The molecular weight excluding hydrogens is 1370 g/mol. The van der Waals surface area contributed by atoms with E-state index in [9.17, 15) is 24.0 Å². The van der Waals surface area contributed by atoms with Crippen LogP contribution in [0.2, 0.25) is 0 Å². The summed E-state index contributed by atoms with van der Waals surface area (Å²) in [6, 6.07) is 21.3. The van der Waals surface area contributed by atoms with Gasteiger partial charge in [0.05, 0.1) is 70.9 Å². The number of alkyl carbamates (subject to hydrolysis) is 1. The molecule has 5 aromatic heterocycles. The SMILES string of the molecule is CC(C)(C)OC(=O)N1C[C@@H]2C[C@H]1CN2c1ccc(N)nc1.CC(C)(C)OC(=O)NC1CC2CCC(C1)N2c1ccc(N)nc1.CC1(C)CN(c2ccc(N)nc2)CCNC1=O.CN(C(=O)OC(C)(C)C)C1C2CCC1CN(c1ccc(N)nc1)C2.CN(C(=O)OC(C)(C)C)C1CC2(C1)CN(c1ccc(N)nc1)C2. The van der Waals surface area contributed by atoms with E-state index in [2.05, 4.69) is 60.1 Å². The number of pyridine rings is 5. The highest BCUT2D eigenvalue weighted by molar-refractivity contribution is 5.83. The number of nitrogens with one attached hydrogen (secondary N) is 2. The van der Waals surface area contributed by atoms with E-state index in [1.165, 1.54) is 0 Å². The van der Waals surface area contributed by atoms with E-state index in [4.69, 9.17) is 47.6 Å². The number of nitrogen functional groups attached to an aromatic ring is 5. The monoisotopic (exact) mass is 1490 g/mol. The Morgan fingerprint density at radius 2 is 0.935 bits per heavy atom. The predicted molar refractivity (Wildman–Crippen MR) is 424 cm³/mol. The molecule has 9 fully saturated rings. The zero-order valence-electron chi connectivity index (χ0n) is 66.5. The topological polar surface area (TPSA) is 367 Å². The van der Waals surface area contributed by atoms with Crippen molar-refractivity contribution in [3.63, 3.8) is 0 Å². The molecule has 5 aromatic rings. The van der Waals surface area contributed by atoms with Crippen molar-refractivity contribution in [1.82, 2.24) is 50.3 Å². The van der Waals surface area contributed by atoms with Crippen molar-refractivity contribution < 1.29 is 42.9 Å². The van der Waals surface area contributed by atoms with Crippen LogP contribution in [0, 0.1) is 22.7 Å². The van der Waals surface area contributed by atoms with Gasteiger partial charge in [-0.3, -0.25) is 4.79 Å². The molecule has 0 radical (unpaired) electrons. The van der Waals surface area contributed by atoms with E-state index in [0.29, 0.717) is 84.1 Å². The number of hydrogen-bond acceptors (Lipinski definition) is 24. The molecule has 7 saturated heterocycles. The van der Waals surface area contributed by atoms with Gasteiger partial charge < -0.3 is 97.4 Å². The number of nitrogens with zero attached hydrogens (tertiary/aromatic N) is 13. The maximum absolute atomic E-state index is 12.4. The number of likely N-dealkylation sites (tertiary alicyclic amines) is 1. The first-order valence-corrected chi connectivity index (χ1v) is 38.1. The van der Waals surface area contributed by atoms with E-state index in [-0.39, 0.29) is 54.4 Å². The molecule has 29 nitrogen and oxygen atoms in total. The van der Waals surface area contributed by atoms with Gasteiger partial charge in [0.2, 0.25) is 5.91 Å². The van der Waals surface area contributed by atoms with Crippen molar-refractivity contribution in [3.8, 4) is 0 Å². The van der Waals surface area contributed by atoms with Crippen LogP contribution < -0.4 is 63.8 Å². The summed E-state index contributed by atoms with van der Waals surface area (Å²) in [5.74, 6) is 3.71. The maximum atomic E-state index is 12.4. The van der Waals surface area contributed by atoms with Crippen molar-refractivity contribution in [2.24, 2.45) is 22.7 Å². The van der Waals surface area contributed by atoms with Crippen molar-refractivity contribution in [3.05, 3.63) is 91.6 Å². The van der Waals surface area contributed by atoms with Crippen LogP contribution in [0.4, 0.5) is 76.7 Å². The van der Waals surface area contributed by atoms with Gasteiger partial charge >= 0.3 is 24.4 Å². The number of amides is 5. The first kappa shape index (κ1) is 80.8. The molecular formula is C79H120N20O9. The molecule has 7 aliphatic heterocycles. The molecule has 5 amide bonds. The molecule has 2 saturated carbocycles. The molecule has 12 N–H and O–H groups in total. The van der Waals surface area contributed by atoms with Gasteiger partial charge in [-0.05, 0) is 227 Å². The second-order valence-corrected chi connectivity index (χ2v) is 35.3. The predicted octanol–water partition coefficient (Wildman–Crippen LogP) is 10.4. The lowest BCUT2D eigenvalue weighted by Crippen LogP contribution is -2.67. The molecule has 590 valence electrons.